The molecule has 3 rings (SSSR count). The molecule has 0 atom stereocenters. The Hall–Kier alpha value is -1.20. The number of aryl methyl sites for hydroxylation is 2. The minimum absolute atomic E-state index is 0.144. The predicted octanol–water partition coefficient (Wildman–Crippen LogP) is 2.31. The number of aliphatic hydroxyl groups excluding tert-OH is 1. The molecular formula is C16H23N3OS. The molecule has 0 bridgehead atoms. The van der Waals surface area contributed by atoms with Crippen LogP contribution in [0.3, 0.4) is 0 Å². The number of aromatic nitrogens is 1. The smallest absolute Gasteiger partial charge is 0.136 e. The van der Waals surface area contributed by atoms with Gasteiger partial charge in [0.2, 0.25) is 0 Å². The van der Waals surface area contributed by atoms with E-state index >= 15 is 0 Å². The largest absolute Gasteiger partial charge is 0.393 e. The van der Waals surface area contributed by atoms with Gasteiger partial charge in [-0.25, -0.2) is 4.98 Å². The molecule has 2 aliphatic carbocycles. The van der Waals surface area contributed by atoms with Gasteiger partial charge in [0.05, 0.1) is 11.7 Å². The third kappa shape index (κ3) is 3.35. The number of rotatable bonds is 3. The van der Waals surface area contributed by atoms with Crippen molar-refractivity contribution in [3.8, 4) is 0 Å². The Kier molecular flexibility index (Phi) is 4.40. The first-order valence-electron chi connectivity index (χ1n) is 7.90. The van der Waals surface area contributed by atoms with Crippen molar-refractivity contribution in [2.24, 2.45) is 5.73 Å². The van der Waals surface area contributed by atoms with Crippen molar-refractivity contribution < 1.29 is 5.11 Å². The van der Waals surface area contributed by atoms with Gasteiger partial charge in [0.1, 0.15) is 10.8 Å². The summed E-state index contributed by atoms with van der Waals surface area (Å²) < 4.78 is 0. The number of pyridine rings is 1. The summed E-state index contributed by atoms with van der Waals surface area (Å²) in [5, 5.41) is 13.1. The van der Waals surface area contributed by atoms with Crippen molar-refractivity contribution in [3.05, 3.63) is 22.9 Å². The fraction of sp³-hybridized carbons (Fsp3) is 0.625. The molecule has 5 heteroatoms. The van der Waals surface area contributed by atoms with Gasteiger partial charge in [-0.1, -0.05) is 12.2 Å². The lowest BCUT2D eigenvalue weighted by Gasteiger charge is -2.28. The fourth-order valence-electron chi connectivity index (χ4n) is 3.35. The van der Waals surface area contributed by atoms with Gasteiger partial charge in [0, 0.05) is 11.7 Å². The first-order valence-corrected chi connectivity index (χ1v) is 8.31. The summed E-state index contributed by atoms with van der Waals surface area (Å²) in [7, 11) is 0. The molecular weight excluding hydrogens is 282 g/mol. The number of hydrogen-bond donors (Lipinski definition) is 3. The Morgan fingerprint density at radius 3 is 2.67 bits per heavy atom. The quantitative estimate of drug-likeness (QED) is 0.748. The van der Waals surface area contributed by atoms with Crippen LogP contribution in [0.5, 0.6) is 0 Å². The average Bonchev–Trinajstić information content (AvgIpc) is 2.48. The van der Waals surface area contributed by atoms with Crippen LogP contribution < -0.4 is 11.1 Å². The molecule has 0 unspecified atom stereocenters. The summed E-state index contributed by atoms with van der Waals surface area (Å²) in [6.45, 7) is 0. The minimum Gasteiger partial charge on any atom is -0.393 e. The van der Waals surface area contributed by atoms with E-state index in [1.54, 1.807) is 0 Å². The SMILES string of the molecule is NC(=S)c1cc2c(nc1NC1CCC(O)CC1)CCCC2. The van der Waals surface area contributed by atoms with E-state index in [1.165, 1.54) is 24.1 Å². The highest BCUT2D eigenvalue weighted by molar-refractivity contribution is 7.80. The zero-order valence-corrected chi connectivity index (χ0v) is 13.1. The van der Waals surface area contributed by atoms with E-state index in [9.17, 15) is 5.11 Å². The van der Waals surface area contributed by atoms with Crippen LogP contribution in [0.1, 0.15) is 55.3 Å². The monoisotopic (exact) mass is 305 g/mol. The summed E-state index contributed by atoms with van der Waals surface area (Å²) in [6, 6.07) is 2.49. The molecule has 0 radical (unpaired) electrons. The van der Waals surface area contributed by atoms with Gasteiger partial charge in [-0.15, -0.1) is 0 Å². The van der Waals surface area contributed by atoms with E-state index in [1.807, 2.05) is 0 Å². The van der Waals surface area contributed by atoms with E-state index in [4.69, 9.17) is 22.9 Å². The van der Waals surface area contributed by atoms with Crippen molar-refractivity contribution in [1.82, 2.24) is 4.98 Å². The number of fused-ring (bicyclic) bond motifs is 1. The third-order valence-corrected chi connectivity index (χ3v) is 4.82. The van der Waals surface area contributed by atoms with E-state index in [0.29, 0.717) is 11.0 Å². The van der Waals surface area contributed by atoms with Gasteiger partial charge in [0.15, 0.2) is 0 Å². The first-order chi connectivity index (χ1) is 10.1. The summed E-state index contributed by atoms with van der Waals surface area (Å²) in [5.41, 5.74) is 9.25. The van der Waals surface area contributed by atoms with Gasteiger partial charge < -0.3 is 16.2 Å². The van der Waals surface area contributed by atoms with Crippen molar-refractivity contribution in [2.75, 3.05) is 5.32 Å². The van der Waals surface area contributed by atoms with Crippen molar-refractivity contribution in [2.45, 2.75) is 63.5 Å². The predicted molar refractivity (Wildman–Crippen MR) is 88.7 cm³/mol. The zero-order chi connectivity index (χ0) is 14.8. The number of hydrogen-bond acceptors (Lipinski definition) is 4. The maximum absolute atomic E-state index is 9.61. The molecule has 0 saturated heterocycles. The fourth-order valence-corrected chi connectivity index (χ4v) is 3.50. The Morgan fingerprint density at radius 2 is 1.95 bits per heavy atom. The van der Waals surface area contributed by atoms with Crippen molar-refractivity contribution >= 4 is 23.0 Å². The van der Waals surface area contributed by atoms with E-state index < -0.39 is 0 Å². The zero-order valence-electron chi connectivity index (χ0n) is 12.3. The number of nitrogens with one attached hydrogen (secondary N) is 1. The normalized spacial score (nSPS) is 25.2. The van der Waals surface area contributed by atoms with Crippen molar-refractivity contribution in [3.63, 3.8) is 0 Å². The van der Waals surface area contributed by atoms with Crippen LogP contribution in [0.2, 0.25) is 0 Å². The molecule has 4 nitrogen and oxygen atoms in total. The number of aliphatic hydroxyl groups is 1. The van der Waals surface area contributed by atoms with Crippen LogP contribution in [0.25, 0.3) is 0 Å². The Balaban J connectivity index is 1.84. The maximum Gasteiger partial charge on any atom is 0.136 e. The molecule has 0 aliphatic heterocycles. The number of anilines is 1. The molecule has 1 aromatic heterocycles. The molecule has 1 saturated carbocycles. The average molecular weight is 305 g/mol. The summed E-state index contributed by atoms with van der Waals surface area (Å²) in [4.78, 5) is 5.22. The van der Waals surface area contributed by atoms with Crippen LogP contribution in [0.15, 0.2) is 6.07 Å². The lowest BCUT2D eigenvalue weighted by Crippen LogP contribution is -2.30. The van der Waals surface area contributed by atoms with Gasteiger partial charge in [-0.3, -0.25) is 0 Å². The highest BCUT2D eigenvalue weighted by atomic mass is 32.1. The molecule has 0 amide bonds. The molecule has 2 aliphatic rings. The minimum atomic E-state index is -0.144. The van der Waals surface area contributed by atoms with E-state index in [2.05, 4.69) is 11.4 Å². The second kappa shape index (κ2) is 6.28. The van der Waals surface area contributed by atoms with Gasteiger partial charge in [0.25, 0.3) is 0 Å². The van der Waals surface area contributed by atoms with E-state index in [0.717, 1.165) is 49.9 Å². The second-order valence-electron chi connectivity index (χ2n) is 6.21. The van der Waals surface area contributed by atoms with Crippen LogP contribution in [0.4, 0.5) is 5.82 Å². The molecule has 4 N–H and O–H groups in total. The Morgan fingerprint density at radius 1 is 1.24 bits per heavy atom. The first kappa shape index (κ1) is 14.7. The Labute approximate surface area is 131 Å². The molecule has 1 aromatic rings. The Bertz CT molecular complexity index is 539. The molecule has 21 heavy (non-hydrogen) atoms. The molecule has 1 fully saturated rings. The molecule has 0 aromatic carbocycles. The lowest BCUT2D eigenvalue weighted by atomic mass is 9.92. The lowest BCUT2D eigenvalue weighted by molar-refractivity contribution is 0.126. The number of thiocarbonyl (C=S) groups is 1. The van der Waals surface area contributed by atoms with Gasteiger partial charge >= 0.3 is 0 Å². The van der Waals surface area contributed by atoms with E-state index in [-0.39, 0.29) is 6.10 Å². The van der Waals surface area contributed by atoms with Crippen LogP contribution >= 0.6 is 12.2 Å². The summed E-state index contributed by atoms with van der Waals surface area (Å²) in [6.07, 6.45) is 8.05. The third-order valence-electron chi connectivity index (χ3n) is 4.60. The standard InChI is InChI=1S/C16H23N3OS/c17-15(21)13-9-10-3-1-2-4-14(10)19-16(13)18-11-5-7-12(20)8-6-11/h9,11-12,20H,1-8H2,(H2,17,21)(H,18,19). The number of nitrogens with two attached hydrogens (primary N) is 1. The summed E-state index contributed by atoms with van der Waals surface area (Å²) >= 11 is 5.20. The number of nitrogens with zero attached hydrogens (tertiary/aromatic N) is 1. The van der Waals surface area contributed by atoms with Crippen LogP contribution in [-0.2, 0) is 12.8 Å². The second-order valence-corrected chi connectivity index (χ2v) is 6.65. The molecule has 114 valence electrons. The molecule has 1 heterocycles. The summed E-state index contributed by atoms with van der Waals surface area (Å²) in [5.74, 6) is 0.838. The van der Waals surface area contributed by atoms with Crippen molar-refractivity contribution in [1.29, 1.82) is 0 Å². The maximum atomic E-state index is 9.61. The van der Waals surface area contributed by atoms with Crippen LogP contribution in [0, 0.1) is 0 Å². The molecule has 0 spiro atoms. The highest BCUT2D eigenvalue weighted by Gasteiger charge is 2.22. The van der Waals surface area contributed by atoms with Crippen LogP contribution in [-0.4, -0.2) is 27.2 Å². The highest BCUT2D eigenvalue weighted by Crippen LogP contribution is 2.27. The van der Waals surface area contributed by atoms with Gasteiger partial charge in [-0.2, -0.15) is 0 Å². The topological polar surface area (TPSA) is 71.2 Å². The van der Waals surface area contributed by atoms with Gasteiger partial charge in [-0.05, 0) is 63.0 Å².